The van der Waals surface area contributed by atoms with Gasteiger partial charge in [0.15, 0.2) is 0 Å². The van der Waals surface area contributed by atoms with Gasteiger partial charge in [0.2, 0.25) is 5.82 Å². The molecule has 1 saturated heterocycles. The Hall–Kier alpha value is -2.68. The van der Waals surface area contributed by atoms with E-state index < -0.39 is 11.7 Å². The normalized spacial score (nSPS) is 23.8. The molecule has 2 atom stereocenters. The number of piperidine rings is 1. The average molecular weight is 393 g/mol. The van der Waals surface area contributed by atoms with Gasteiger partial charge in [-0.25, -0.2) is 4.98 Å². The highest BCUT2D eigenvalue weighted by Gasteiger charge is 2.45. The lowest BCUT2D eigenvalue weighted by atomic mass is 9.89. The van der Waals surface area contributed by atoms with Crippen LogP contribution in [0.15, 0.2) is 47.4 Å². The summed E-state index contributed by atoms with van der Waals surface area (Å²) >= 11 is 0. The molecule has 0 amide bonds. The predicted octanol–water partition coefficient (Wildman–Crippen LogP) is 2.12. The van der Waals surface area contributed by atoms with Gasteiger partial charge in [-0.05, 0) is 30.4 Å². The zero-order valence-electron chi connectivity index (χ0n) is 16.2. The molecule has 0 bridgehead atoms. The summed E-state index contributed by atoms with van der Waals surface area (Å²) in [6, 6.07) is 8.25. The summed E-state index contributed by atoms with van der Waals surface area (Å²) in [5.41, 5.74) is 2.23. The molecule has 3 heterocycles. The van der Waals surface area contributed by atoms with Crippen LogP contribution >= 0.6 is 0 Å². The van der Waals surface area contributed by atoms with Crippen molar-refractivity contribution in [2.45, 2.75) is 37.0 Å². The first-order chi connectivity index (χ1) is 14.2. The number of benzene rings is 1. The van der Waals surface area contributed by atoms with Gasteiger partial charge in [0.25, 0.3) is 5.89 Å². The summed E-state index contributed by atoms with van der Waals surface area (Å²) in [4.78, 5) is 15.2. The van der Waals surface area contributed by atoms with E-state index in [9.17, 15) is 5.11 Å². The summed E-state index contributed by atoms with van der Waals surface area (Å²) in [6.07, 6.45) is 6.65. The minimum atomic E-state index is -0.625. The number of hydrogen-bond donors (Lipinski definition) is 1. The largest absolute Gasteiger partial charge is 0.387 e. The summed E-state index contributed by atoms with van der Waals surface area (Å²) in [5, 5.41) is 14.9. The lowest BCUT2D eigenvalue weighted by molar-refractivity contribution is -0.0950. The molecule has 150 valence electrons. The van der Waals surface area contributed by atoms with Crippen LogP contribution < -0.4 is 0 Å². The highest BCUT2D eigenvalue weighted by atomic mass is 16.5. The van der Waals surface area contributed by atoms with E-state index in [2.05, 4.69) is 31.1 Å². The Balaban J connectivity index is 1.32. The molecule has 1 aromatic carbocycles. The molecule has 3 aromatic rings. The van der Waals surface area contributed by atoms with E-state index in [1.165, 1.54) is 5.56 Å². The van der Waals surface area contributed by atoms with E-state index in [0.29, 0.717) is 30.3 Å². The maximum Gasteiger partial charge on any atom is 0.259 e. The minimum absolute atomic E-state index is 0.0973. The highest BCUT2D eigenvalue weighted by molar-refractivity contribution is 5.45. The first-order valence-corrected chi connectivity index (χ1v) is 9.86. The van der Waals surface area contributed by atoms with Crippen LogP contribution in [0.3, 0.4) is 0 Å². The molecule has 2 aromatic heterocycles. The van der Waals surface area contributed by atoms with E-state index in [1.54, 1.807) is 25.7 Å². The number of methoxy groups -OCH3 is 1. The highest BCUT2D eigenvalue weighted by Crippen LogP contribution is 2.40. The average Bonchev–Trinajstić information content (AvgIpc) is 3.41. The first kappa shape index (κ1) is 18.4. The van der Waals surface area contributed by atoms with Crippen molar-refractivity contribution in [3.63, 3.8) is 0 Å². The Morgan fingerprint density at radius 2 is 2.03 bits per heavy atom. The Labute approximate surface area is 168 Å². The van der Waals surface area contributed by atoms with Crippen molar-refractivity contribution in [1.29, 1.82) is 0 Å². The second-order valence-corrected chi connectivity index (χ2v) is 7.66. The number of nitrogens with zero attached hydrogens (tertiary/aromatic N) is 5. The van der Waals surface area contributed by atoms with Crippen molar-refractivity contribution in [2.75, 3.05) is 20.2 Å². The fourth-order valence-corrected chi connectivity index (χ4v) is 4.53. The molecule has 2 aliphatic rings. The summed E-state index contributed by atoms with van der Waals surface area (Å²) in [5.74, 6) is 0.879. The van der Waals surface area contributed by atoms with E-state index >= 15 is 0 Å². The maximum atomic E-state index is 10.8. The number of aliphatic hydroxyl groups is 1. The maximum absolute atomic E-state index is 10.8. The van der Waals surface area contributed by atoms with Crippen molar-refractivity contribution >= 4 is 0 Å². The van der Waals surface area contributed by atoms with Gasteiger partial charge in [-0.3, -0.25) is 9.88 Å². The zero-order chi connectivity index (χ0) is 19.8. The monoisotopic (exact) mass is 393 g/mol. The second-order valence-electron chi connectivity index (χ2n) is 7.66. The molecule has 29 heavy (non-hydrogen) atoms. The molecule has 1 fully saturated rings. The third-order valence-electron chi connectivity index (χ3n) is 6.24. The number of aliphatic hydroxyl groups excluding tert-OH is 1. The lowest BCUT2D eigenvalue weighted by Crippen LogP contribution is -2.49. The molecule has 1 aliphatic carbocycles. The van der Waals surface area contributed by atoms with Crippen molar-refractivity contribution < 1.29 is 14.4 Å². The molecule has 0 radical (unpaired) electrons. The van der Waals surface area contributed by atoms with Crippen LogP contribution in [0.25, 0.3) is 11.5 Å². The minimum Gasteiger partial charge on any atom is -0.387 e. The Kier molecular flexibility index (Phi) is 4.61. The van der Waals surface area contributed by atoms with Crippen LogP contribution in [-0.4, -0.2) is 56.4 Å². The fourth-order valence-electron chi connectivity index (χ4n) is 4.53. The third-order valence-corrected chi connectivity index (χ3v) is 6.24. The van der Waals surface area contributed by atoms with Gasteiger partial charge >= 0.3 is 0 Å². The van der Waals surface area contributed by atoms with Gasteiger partial charge in [-0.15, -0.1) is 0 Å². The van der Waals surface area contributed by atoms with Gasteiger partial charge in [0, 0.05) is 38.6 Å². The van der Waals surface area contributed by atoms with Crippen LogP contribution in [0.4, 0.5) is 0 Å². The summed E-state index contributed by atoms with van der Waals surface area (Å²) < 4.78 is 11.5. The van der Waals surface area contributed by atoms with E-state index in [-0.39, 0.29) is 6.04 Å². The molecule has 0 spiro atoms. The quantitative estimate of drug-likeness (QED) is 0.720. The molecule has 5 rings (SSSR count). The number of likely N-dealkylation sites (tertiary alicyclic amines) is 1. The molecule has 0 saturated carbocycles. The third kappa shape index (κ3) is 3.13. The zero-order valence-corrected chi connectivity index (χ0v) is 16.2. The topological polar surface area (TPSA) is 97.4 Å². The van der Waals surface area contributed by atoms with Gasteiger partial charge < -0.3 is 14.4 Å². The van der Waals surface area contributed by atoms with Crippen molar-refractivity contribution in [2.24, 2.45) is 0 Å². The molecule has 0 unspecified atom stereocenters. The first-order valence-electron chi connectivity index (χ1n) is 9.86. The van der Waals surface area contributed by atoms with Crippen LogP contribution in [0.2, 0.25) is 0 Å². The van der Waals surface area contributed by atoms with Crippen LogP contribution in [0.1, 0.15) is 36.0 Å². The van der Waals surface area contributed by atoms with E-state index in [0.717, 1.165) is 25.1 Å². The van der Waals surface area contributed by atoms with Crippen LogP contribution in [0.5, 0.6) is 0 Å². The van der Waals surface area contributed by atoms with Gasteiger partial charge in [0.05, 0.1) is 12.3 Å². The van der Waals surface area contributed by atoms with Gasteiger partial charge in [-0.2, -0.15) is 4.98 Å². The Morgan fingerprint density at radius 1 is 1.21 bits per heavy atom. The standard InChI is InChI=1S/C21H23N5O3/c1-28-21(20-24-19(25-29-20)16-13-22-8-9-23-16)6-10-26(11-7-21)17-12-14-4-2-3-5-15(14)18(17)27/h2-5,8-9,13,17-18,27H,6-7,10-12H2,1H3/t17-,18-/m0/s1. The van der Waals surface area contributed by atoms with Crippen LogP contribution in [-0.2, 0) is 16.8 Å². The van der Waals surface area contributed by atoms with Gasteiger partial charge in [0.1, 0.15) is 11.3 Å². The van der Waals surface area contributed by atoms with E-state index in [1.807, 2.05) is 18.2 Å². The Morgan fingerprint density at radius 3 is 2.76 bits per heavy atom. The molecule has 8 nitrogen and oxygen atoms in total. The van der Waals surface area contributed by atoms with Crippen molar-refractivity contribution in [1.82, 2.24) is 25.0 Å². The van der Waals surface area contributed by atoms with Crippen LogP contribution in [0, 0.1) is 0 Å². The summed E-state index contributed by atoms with van der Waals surface area (Å²) in [7, 11) is 1.68. The lowest BCUT2D eigenvalue weighted by Gasteiger charge is -2.41. The number of aromatic nitrogens is 4. The number of ether oxygens (including phenoxy) is 1. The van der Waals surface area contributed by atoms with Crippen molar-refractivity contribution in [3.8, 4) is 11.5 Å². The molecular formula is C21H23N5O3. The second kappa shape index (κ2) is 7.29. The summed E-state index contributed by atoms with van der Waals surface area (Å²) in [6.45, 7) is 1.57. The molecule has 1 N–H and O–H groups in total. The number of rotatable bonds is 4. The fraction of sp³-hybridized carbons (Fsp3) is 0.429. The SMILES string of the molecule is COC1(c2nc(-c3cnccn3)no2)CCN([C@H]2Cc3ccccc3[C@@H]2O)CC1. The molecule has 1 aliphatic heterocycles. The molecular weight excluding hydrogens is 370 g/mol. The molecule has 8 heteroatoms. The smallest absolute Gasteiger partial charge is 0.259 e. The number of fused-ring (bicyclic) bond motifs is 1. The van der Waals surface area contributed by atoms with E-state index in [4.69, 9.17) is 9.26 Å². The number of hydrogen-bond acceptors (Lipinski definition) is 8. The van der Waals surface area contributed by atoms with Crippen molar-refractivity contribution in [3.05, 3.63) is 59.9 Å². The Bertz CT molecular complexity index is 985. The van der Waals surface area contributed by atoms with Gasteiger partial charge in [-0.1, -0.05) is 29.4 Å². The predicted molar refractivity (Wildman–Crippen MR) is 104 cm³/mol.